The maximum Gasteiger partial charge on any atom is 0.265 e. The van der Waals surface area contributed by atoms with Crippen LogP contribution in [0.4, 0.5) is 5.69 Å². The Labute approximate surface area is 191 Å². The molecule has 0 spiro atoms. The molecule has 1 aliphatic rings. The number of carbonyl (C=O) groups excluding carboxylic acids is 2. The third kappa shape index (κ3) is 5.61. The first-order chi connectivity index (χ1) is 15.1. The molecule has 31 heavy (non-hydrogen) atoms. The molecule has 3 aromatic rings. The normalized spacial score (nSPS) is 16.0. The SMILES string of the molecule is CC1CCN(C(CNC(=O)c2ccc(NC(=O)c3cccs3)cc2)c2cccs2)CC1. The second-order valence-electron chi connectivity index (χ2n) is 7.97. The van der Waals surface area contributed by atoms with Crippen molar-refractivity contribution in [3.05, 3.63) is 74.6 Å². The quantitative estimate of drug-likeness (QED) is 0.513. The van der Waals surface area contributed by atoms with Gasteiger partial charge in [0.15, 0.2) is 0 Å². The van der Waals surface area contributed by atoms with Crippen LogP contribution in [-0.2, 0) is 0 Å². The number of amides is 2. The first-order valence-electron chi connectivity index (χ1n) is 10.6. The van der Waals surface area contributed by atoms with E-state index < -0.39 is 0 Å². The van der Waals surface area contributed by atoms with Crippen molar-refractivity contribution in [1.29, 1.82) is 0 Å². The molecule has 7 heteroatoms. The van der Waals surface area contributed by atoms with Crippen molar-refractivity contribution in [2.24, 2.45) is 5.92 Å². The molecule has 0 aliphatic carbocycles. The van der Waals surface area contributed by atoms with Crippen LogP contribution in [0, 0.1) is 5.92 Å². The van der Waals surface area contributed by atoms with Crippen LogP contribution in [0.15, 0.2) is 59.3 Å². The van der Waals surface area contributed by atoms with E-state index in [1.165, 1.54) is 29.1 Å². The summed E-state index contributed by atoms with van der Waals surface area (Å²) in [5.74, 6) is 0.540. The Balaban J connectivity index is 1.36. The predicted octanol–water partition coefficient (Wildman–Crippen LogP) is 5.26. The highest BCUT2D eigenvalue weighted by molar-refractivity contribution is 7.12. The zero-order chi connectivity index (χ0) is 21.6. The number of piperidine rings is 1. The molecule has 1 aromatic carbocycles. The topological polar surface area (TPSA) is 61.4 Å². The predicted molar refractivity (Wildman–Crippen MR) is 128 cm³/mol. The number of anilines is 1. The zero-order valence-electron chi connectivity index (χ0n) is 17.5. The van der Waals surface area contributed by atoms with E-state index in [1.54, 1.807) is 41.7 Å². The largest absolute Gasteiger partial charge is 0.350 e. The number of nitrogens with zero attached hydrogens (tertiary/aromatic N) is 1. The Kier molecular flexibility index (Phi) is 7.17. The minimum absolute atomic E-state index is 0.0944. The Hall–Kier alpha value is -2.48. The van der Waals surface area contributed by atoms with Gasteiger partial charge in [-0.25, -0.2) is 0 Å². The number of nitrogens with one attached hydrogen (secondary N) is 2. The third-order valence-electron chi connectivity index (χ3n) is 5.74. The van der Waals surface area contributed by atoms with Gasteiger partial charge in [0.05, 0.1) is 10.9 Å². The summed E-state index contributed by atoms with van der Waals surface area (Å²) in [4.78, 5) is 29.4. The Morgan fingerprint density at radius 3 is 2.35 bits per heavy atom. The molecule has 162 valence electrons. The van der Waals surface area contributed by atoms with Crippen LogP contribution >= 0.6 is 22.7 Å². The van der Waals surface area contributed by atoms with Crippen LogP contribution in [0.25, 0.3) is 0 Å². The van der Waals surface area contributed by atoms with Crippen LogP contribution in [0.2, 0.25) is 0 Å². The molecule has 5 nitrogen and oxygen atoms in total. The molecule has 0 radical (unpaired) electrons. The van der Waals surface area contributed by atoms with E-state index >= 15 is 0 Å². The summed E-state index contributed by atoms with van der Waals surface area (Å²) in [7, 11) is 0. The summed E-state index contributed by atoms with van der Waals surface area (Å²) in [6, 6.07) is 15.1. The molecular weight excluding hydrogens is 426 g/mol. The van der Waals surface area contributed by atoms with Crippen molar-refractivity contribution in [2.45, 2.75) is 25.8 Å². The number of carbonyl (C=O) groups is 2. The van der Waals surface area contributed by atoms with Crippen LogP contribution in [0.5, 0.6) is 0 Å². The van der Waals surface area contributed by atoms with E-state index in [-0.39, 0.29) is 17.9 Å². The van der Waals surface area contributed by atoms with Crippen LogP contribution in [-0.4, -0.2) is 36.3 Å². The molecule has 1 saturated heterocycles. The average Bonchev–Trinajstić information content (AvgIpc) is 3.50. The average molecular weight is 454 g/mol. The Morgan fingerprint density at radius 2 is 1.71 bits per heavy atom. The fourth-order valence-electron chi connectivity index (χ4n) is 3.83. The lowest BCUT2D eigenvalue weighted by atomic mass is 9.97. The minimum Gasteiger partial charge on any atom is -0.350 e. The van der Waals surface area contributed by atoms with Crippen LogP contribution in [0.3, 0.4) is 0 Å². The fraction of sp³-hybridized carbons (Fsp3) is 0.333. The lowest BCUT2D eigenvalue weighted by molar-refractivity contribution is 0.0914. The highest BCUT2D eigenvalue weighted by atomic mass is 32.1. The van der Waals surface area contributed by atoms with Gasteiger partial charge in [-0.05, 0) is 79.0 Å². The molecule has 1 fully saturated rings. The maximum atomic E-state index is 12.8. The van der Waals surface area contributed by atoms with E-state index in [2.05, 4.69) is 40.0 Å². The monoisotopic (exact) mass is 453 g/mol. The van der Waals surface area contributed by atoms with Gasteiger partial charge in [-0.1, -0.05) is 19.1 Å². The number of likely N-dealkylation sites (tertiary alicyclic amines) is 1. The van der Waals surface area contributed by atoms with Crippen molar-refractivity contribution < 1.29 is 9.59 Å². The molecule has 1 aliphatic heterocycles. The number of hydrogen-bond acceptors (Lipinski definition) is 5. The molecule has 1 unspecified atom stereocenters. The summed E-state index contributed by atoms with van der Waals surface area (Å²) in [6.07, 6.45) is 2.41. The first kappa shape index (κ1) is 21.7. The minimum atomic E-state index is -0.137. The van der Waals surface area contributed by atoms with E-state index in [9.17, 15) is 9.59 Å². The molecule has 0 saturated carbocycles. The highest BCUT2D eigenvalue weighted by Gasteiger charge is 2.25. The molecule has 1 atom stereocenters. The van der Waals surface area contributed by atoms with Crippen molar-refractivity contribution >= 4 is 40.2 Å². The third-order valence-corrected chi connectivity index (χ3v) is 7.58. The van der Waals surface area contributed by atoms with E-state index in [4.69, 9.17) is 0 Å². The Morgan fingerprint density at radius 1 is 1.00 bits per heavy atom. The standard InChI is InChI=1S/C24H27N3O2S2/c1-17-10-12-27(13-11-17)20(21-4-2-14-30-21)16-25-23(28)18-6-8-19(9-7-18)26-24(29)22-5-3-15-31-22/h2-9,14-15,17,20H,10-13,16H2,1H3,(H,25,28)(H,26,29). The maximum absolute atomic E-state index is 12.8. The smallest absolute Gasteiger partial charge is 0.265 e. The summed E-state index contributed by atoms with van der Waals surface area (Å²) in [5.41, 5.74) is 1.26. The van der Waals surface area contributed by atoms with Crippen molar-refractivity contribution in [3.63, 3.8) is 0 Å². The van der Waals surface area contributed by atoms with Gasteiger partial charge < -0.3 is 10.6 Å². The zero-order valence-corrected chi connectivity index (χ0v) is 19.2. The number of rotatable bonds is 7. The summed E-state index contributed by atoms with van der Waals surface area (Å²) in [5, 5.41) is 9.95. The molecule has 4 rings (SSSR count). The lowest BCUT2D eigenvalue weighted by Gasteiger charge is -2.36. The molecule has 2 N–H and O–H groups in total. The van der Waals surface area contributed by atoms with Crippen molar-refractivity contribution in [2.75, 3.05) is 25.0 Å². The van der Waals surface area contributed by atoms with Gasteiger partial charge in [0.2, 0.25) is 0 Å². The molecule has 0 bridgehead atoms. The molecule has 2 aromatic heterocycles. The van der Waals surface area contributed by atoms with Crippen LogP contribution < -0.4 is 10.6 Å². The summed E-state index contributed by atoms with van der Waals surface area (Å²) >= 11 is 3.15. The Bertz CT molecular complexity index is 977. The molecule has 2 amide bonds. The molecular formula is C24H27N3O2S2. The van der Waals surface area contributed by atoms with Gasteiger partial charge in [-0.3, -0.25) is 14.5 Å². The highest BCUT2D eigenvalue weighted by Crippen LogP contribution is 2.29. The number of hydrogen-bond donors (Lipinski definition) is 2. The van der Waals surface area contributed by atoms with Gasteiger partial charge in [0.25, 0.3) is 11.8 Å². The summed E-state index contributed by atoms with van der Waals surface area (Å²) in [6.45, 7) is 5.03. The van der Waals surface area contributed by atoms with Gasteiger partial charge in [-0.15, -0.1) is 22.7 Å². The summed E-state index contributed by atoms with van der Waals surface area (Å²) < 4.78 is 0. The van der Waals surface area contributed by atoms with Crippen molar-refractivity contribution in [3.8, 4) is 0 Å². The van der Waals surface area contributed by atoms with Crippen molar-refractivity contribution in [1.82, 2.24) is 10.2 Å². The fourth-order valence-corrected chi connectivity index (χ4v) is 5.31. The second kappa shape index (κ2) is 10.2. The van der Waals surface area contributed by atoms with E-state index in [0.717, 1.165) is 19.0 Å². The van der Waals surface area contributed by atoms with Crippen LogP contribution in [0.1, 0.15) is 50.7 Å². The number of thiophene rings is 2. The number of benzene rings is 1. The van der Waals surface area contributed by atoms with Gasteiger partial charge in [0, 0.05) is 22.7 Å². The van der Waals surface area contributed by atoms with Gasteiger partial charge in [-0.2, -0.15) is 0 Å². The molecule has 3 heterocycles. The first-order valence-corrected chi connectivity index (χ1v) is 12.4. The van der Waals surface area contributed by atoms with Gasteiger partial charge >= 0.3 is 0 Å². The van der Waals surface area contributed by atoms with Gasteiger partial charge in [0.1, 0.15) is 0 Å². The second-order valence-corrected chi connectivity index (χ2v) is 9.90. The lowest BCUT2D eigenvalue weighted by Crippen LogP contribution is -2.41. The van der Waals surface area contributed by atoms with E-state index in [0.29, 0.717) is 22.7 Å². The van der Waals surface area contributed by atoms with E-state index in [1.807, 2.05) is 11.4 Å².